The zero-order valence-electron chi connectivity index (χ0n) is 18.7. The Morgan fingerprint density at radius 2 is 1.81 bits per heavy atom. The highest BCUT2D eigenvalue weighted by molar-refractivity contribution is 5.99. The number of fused-ring (bicyclic) bond motifs is 1. The van der Waals surface area contributed by atoms with Gasteiger partial charge in [0.15, 0.2) is 0 Å². The molecule has 2 aromatic rings. The van der Waals surface area contributed by atoms with Crippen molar-refractivity contribution in [2.24, 2.45) is 0 Å². The predicted octanol–water partition coefficient (Wildman–Crippen LogP) is 3.80. The highest BCUT2D eigenvalue weighted by atomic mass is 16.5. The van der Waals surface area contributed by atoms with Crippen molar-refractivity contribution < 1.29 is 9.53 Å². The number of ether oxygens (including phenoxy) is 1. The van der Waals surface area contributed by atoms with Gasteiger partial charge in [0, 0.05) is 44.0 Å². The van der Waals surface area contributed by atoms with E-state index in [1.165, 1.54) is 16.8 Å². The lowest BCUT2D eigenvalue weighted by molar-refractivity contribution is -0.117. The van der Waals surface area contributed by atoms with Gasteiger partial charge in [0.1, 0.15) is 12.4 Å². The number of amides is 1. The van der Waals surface area contributed by atoms with Gasteiger partial charge in [-0.1, -0.05) is 30.3 Å². The second kappa shape index (κ2) is 10.0. The highest BCUT2D eigenvalue weighted by Crippen LogP contribution is 2.26. The van der Waals surface area contributed by atoms with Crippen LogP contribution in [-0.2, 0) is 4.79 Å². The summed E-state index contributed by atoms with van der Waals surface area (Å²) in [6.07, 6.45) is 4.03. The van der Waals surface area contributed by atoms with Crippen LogP contribution in [0.3, 0.4) is 0 Å². The summed E-state index contributed by atoms with van der Waals surface area (Å²) >= 11 is 0. The van der Waals surface area contributed by atoms with Gasteiger partial charge >= 0.3 is 0 Å². The third-order valence-electron chi connectivity index (χ3n) is 6.40. The zero-order chi connectivity index (χ0) is 21.6. The predicted molar refractivity (Wildman–Crippen MR) is 127 cm³/mol. The van der Waals surface area contributed by atoms with E-state index in [0.29, 0.717) is 18.7 Å². The summed E-state index contributed by atoms with van der Waals surface area (Å²) in [6.45, 7) is 10.9. The number of para-hydroxylation sites is 1. The number of hydrogen-bond acceptors (Lipinski definition) is 4. The van der Waals surface area contributed by atoms with Gasteiger partial charge < -0.3 is 15.0 Å². The molecule has 2 aliphatic rings. The molecule has 0 aliphatic carbocycles. The molecule has 1 amide bonds. The number of anilines is 1. The minimum Gasteiger partial charge on any atom is -0.488 e. The topological polar surface area (TPSA) is 44.8 Å². The summed E-state index contributed by atoms with van der Waals surface area (Å²) in [6, 6.07) is 14.4. The first kappa shape index (κ1) is 21.4. The fraction of sp³-hybridized carbons (Fsp3) is 0.423. The molecule has 4 rings (SSSR count). The number of benzene rings is 2. The van der Waals surface area contributed by atoms with Crippen LogP contribution >= 0.6 is 0 Å². The summed E-state index contributed by atoms with van der Waals surface area (Å²) in [4.78, 5) is 17.5. The Bertz CT molecular complexity index is 945. The van der Waals surface area contributed by atoms with E-state index < -0.39 is 0 Å². The van der Waals surface area contributed by atoms with Crippen LogP contribution in [0.4, 0.5) is 5.69 Å². The second-order valence-corrected chi connectivity index (χ2v) is 8.51. The van der Waals surface area contributed by atoms with Crippen LogP contribution in [0.2, 0.25) is 0 Å². The minimum absolute atomic E-state index is 0.0170. The summed E-state index contributed by atoms with van der Waals surface area (Å²) in [5.41, 5.74) is 5.81. The maximum atomic E-state index is 12.4. The number of aryl methyl sites for hydroxylation is 1. The Balaban J connectivity index is 1.14. The van der Waals surface area contributed by atoms with Crippen LogP contribution < -0.4 is 15.0 Å². The SMILES string of the molecule is Cc1cccc(N2CCN(CCCCNC(=O)C3=Cc4ccccc4OC3)CC2)c1C. The first-order valence-corrected chi connectivity index (χ1v) is 11.4. The summed E-state index contributed by atoms with van der Waals surface area (Å²) < 4.78 is 5.68. The molecule has 2 aliphatic heterocycles. The minimum atomic E-state index is -0.0170. The number of carbonyl (C=O) groups excluding carboxylic acids is 1. The van der Waals surface area contributed by atoms with Gasteiger partial charge in [-0.25, -0.2) is 0 Å². The molecule has 0 saturated carbocycles. The Labute approximate surface area is 185 Å². The molecule has 164 valence electrons. The summed E-state index contributed by atoms with van der Waals surface area (Å²) in [5.74, 6) is 0.827. The smallest absolute Gasteiger partial charge is 0.250 e. The van der Waals surface area contributed by atoms with Crippen molar-refractivity contribution in [1.29, 1.82) is 0 Å². The van der Waals surface area contributed by atoms with E-state index in [9.17, 15) is 4.79 Å². The van der Waals surface area contributed by atoms with E-state index in [1.807, 2.05) is 30.3 Å². The summed E-state index contributed by atoms with van der Waals surface area (Å²) in [7, 11) is 0. The number of nitrogens with one attached hydrogen (secondary N) is 1. The standard InChI is InChI=1S/C26H33N3O2/c1-20-8-7-10-24(21(20)2)29-16-14-28(15-17-29)13-6-5-12-27-26(30)23-18-22-9-3-4-11-25(22)31-19-23/h3-4,7-11,18H,5-6,12-17,19H2,1-2H3,(H,27,30). The van der Waals surface area contributed by atoms with Gasteiger partial charge in [-0.3, -0.25) is 9.69 Å². The lowest BCUT2D eigenvalue weighted by Gasteiger charge is -2.37. The van der Waals surface area contributed by atoms with Gasteiger partial charge in [0.05, 0.1) is 5.57 Å². The fourth-order valence-corrected chi connectivity index (χ4v) is 4.31. The molecule has 1 fully saturated rings. The number of piperazine rings is 1. The first-order chi connectivity index (χ1) is 15.1. The van der Waals surface area contributed by atoms with E-state index in [0.717, 1.165) is 56.9 Å². The molecule has 0 atom stereocenters. The monoisotopic (exact) mass is 419 g/mol. The molecule has 0 bridgehead atoms. The molecule has 2 aromatic carbocycles. The molecular formula is C26H33N3O2. The van der Waals surface area contributed by atoms with Crippen LogP contribution in [-0.4, -0.2) is 56.7 Å². The molecule has 5 nitrogen and oxygen atoms in total. The van der Waals surface area contributed by atoms with Crippen molar-refractivity contribution in [3.05, 3.63) is 64.7 Å². The van der Waals surface area contributed by atoms with Crippen molar-refractivity contribution in [3.8, 4) is 5.75 Å². The molecule has 0 radical (unpaired) electrons. The maximum absolute atomic E-state index is 12.4. The number of rotatable bonds is 7. The Hall–Kier alpha value is -2.79. The highest BCUT2D eigenvalue weighted by Gasteiger charge is 2.19. The van der Waals surface area contributed by atoms with Crippen molar-refractivity contribution in [2.45, 2.75) is 26.7 Å². The molecule has 5 heteroatoms. The first-order valence-electron chi connectivity index (χ1n) is 11.4. The summed E-state index contributed by atoms with van der Waals surface area (Å²) in [5, 5.41) is 3.05. The van der Waals surface area contributed by atoms with Crippen LogP contribution in [0.25, 0.3) is 6.08 Å². The van der Waals surface area contributed by atoms with E-state index in [1.54, 1.807) is 0 Å². The number of hydrogen-bond donors (Lipinski definition) is 1. The molecule has 0 spiro atoms. The fourth-order valence-electron chi connectivity index (χ4n) is 4.31. The third-order valence-corrected chi connectivity index (χ3v) is 6.40. The van der Waals surface area contributed by atoms with E-state index in [4.69, 9.17) is 4.74 Å². The molecule has 0 aromatic heterocycles. The normalized spacial score (nSPS) is 16.3. The molecular weight excluding hydrogens is 386 g/mol. The molecule has 1 N–H and O–H groups in total. The van der Waals surface area contributed by atoms with Crippen molar-refractivity contribution in [2.75, 3.05) is 50.8 Å². The Morgan fingerprint density at radius 3 is 2.65 bits per heavy atom. The van der Waals surface area contributed by atoms with Crippen LogP contribution in [0.15, 0.2) is 48.0 Å². The molecule has 0 unspecified atom stereocenters. The van der Waals surface area contributed by atoms with Crippen LogP contribution in [0, 0.1) is 13.8 Å². The lowest BCUT2D eigenvalue weighted by Crippen LogP contribution is -2.47. The third kappa shape index (κ3) is 5.28. The number of nitrogens with zero attached hydrogens (tertiary/aromatic N) is 2. The van der Waals surface area contributed by atoms with Crippen molar-refractivity contribution in [3.63, 3.8) is 0 Å². The maximum Gasteiger partial charge on any atom is 0.250 e. The second-order valence-electron chi connectivity index (χ2n) is 8.51. The quantitative estimate of drug-likeness (QED) is 0.694. The van der Waals surface area contributed by atoms with E-state index in [2.05, 4.69) is 47.2 Å². The lowest BCUT2D eigenvalue weighted by atomic mass is 10.1. The largest absolute Gasteiger partial charge is 0.488 e. The van der Waals surface area contributed by atoms with E-state index in [-0.39, 0.29) is 5.91 Å². The van der Waals surface area contributed by atoms with Crippen molar-refractivity contribution in [1.82, 2.24) is 10.2 Å². The number of carbonyl (C=O) groups is 1. The average molecular weight is 420 g/mol. The van der Waals surface area contributed by atoms with Gasteiger partial charge in [-0.15, -0.1) is 0 Å². The Morgan fingerprint density at radius 1 is 1.00 bits per heavy atom. The molecule has 1 saturated heterocycles. The van der Waals surface area contributed by atoms with Crippen molar-refractivity contribution >= 4 is 17.7 Å². The van der Waals surface area contributed by atoms with Gasteiger partial charge in [0.25, 0.3) is 5.91 Å². The van der Waals surface area contributed by atoms with Gasteiger partial charge in [-0.05, 0) is 62.6 Å². The van der Waals surface area contributed by atoms with Crippen LogP contribution in [0.1, 0.15) is 29.5 Å². The zero-order valence-corrected chi connectivity index (χ0v) is 18.7. The molecule has 31 heavy (non-hydrogen) atoms. The average Bonchev–Trinajstić information content (AvgIpc) is 2.80. The van der Waals surface area contributed by atoms with Gasteiger partial charge in [-0.2, -0.15) is 0 Å². The van der Waals surface area contributed by atoms with E-state index >= 15 is 0 Å². The van der Waals surface area contributed by atoms with Gasteiger partial charge in [0.2, 0.25) is 0 Å². The van der Waals surface area contributed by atoms with Crippen LogP contribution in [0.5, 0.6) is 5.75 Å². The molecule has 2 heterocycles. The number of unbranched alkanes of at least 4 members (excludes halogenated alkanes) is 1. The Kier molecular flexibility index (Phi) is 6.92.